The highest BCUT2D eigenvalue weighted by Crippen LogP contribution is 2.30. The molecule has 0 heterocycles. The van der Waals surface area contributed by atoms with Gasteiger partial charge in [-0.15, -0.1) is 0 Å². The van der Waals surface area contributed by atoms with Crippen LogP contribution in [-0.4, -0.2) is 0 Å². The van der Waals surface area contributed by atoms with Crippen LogP contribution in [0.1, 0.15) is 11.1 Å². The van der Waals surface area contributed by atoms with Crippen molar-refractivity contribution >= 4 is 10.8 Å². The first-order chi connectivity index (χ1) is 9.29. The highest BCUT2D eigenvalue weighted by molar-refractivity contribution is 5.90. The number of fused-ring (bicyclic) bond motifs is 1. The zero-order chi connectivity index (χ0) is 13.2. The van der Waals surface area contributed by atoms with E-state index < -0.39 is 0 Å². The van der Waals surface area contributed by atoms with Gasteiger partial charge < -0.3 is 0 Å². The number of rotatable bonds is 1. The molecular formula is C18H13N. The molecule has 0 bridgehead atoms. The van der Waals surface area contributed by atoms with Crippen molar-refractivity contribution in [2.45, 2.75) is 6.92 Å². The fourth-order valence-corrected chi connectivity index (χ4v) is 2.46. The lowest BCUT2D eigenvalue weighted by Gasteiger charge is -2.10. The Bertz CT molecular complexity index is 794. The van der Waals surface area contributed by atoms with Gasteiger partial charge in [-0.1, -0.05) is 48.5 Å². The van der Waals surface area contributed by atoms with Gasteiger partial charge in [0.25, 0.3) is 0 Å². The number of benzene rings is 3. The van der Waals surface area contributed by atoms with Crippen LogP contribution in [0.5, 0.6) is 0 Å². The molecule has 3 aromatic rings. The Morgan fingerprint density at radius 1 is 0.789 bits per heavy atom. The predicted molar refractivity (Wildman–Crippen MR) is 78.8 cm³/mol. The van der Waals surface area contributed by atoms with E-state index in [-0.39, 0.29) is 0 Å². The second kappa shape index (κ2) is 4.59. The molecule has 0 N–H and O–H groups in total. The summed E-state index contributed by atoms with van der Waals surface area (Å²) in [7, 11) is 0. The van der Waals surface area contributed by atoms with Crippen LogP contribution in [0.4, 0.5) is 0 Å². The summed E-state index contributed by atoms with van der Waals surface area (Å²) in [6, 6.07) is 22.7. The summed E-state index contributed by atoms with van der Waals surface area (Å²) in [5.74, 6) is 0. The van der Waals surface area contributed by atoms with Gasteiger partial charge in [0.2, 0.25) is 0 Å². The SMILES string of the molecule is Cc1cc2ccccc2cc1-c1ccccc1C#N. The number of nitrogens with zero attached hydrogens (tertiary/aromatic N) is 1. The lowest BCUT2D eigenvalue weighted by molar-refractivity contribution is 1.45. The zero-order valence-corrected chi connectivity index (χ0v) is 10.7. The Kier molecular flexibility index (Phi) is 2.78. The van der Waals surface area contributed by atoms with Crippen LogP contribution >= 0.6 is 0 Å². The molecule has 0 unspecified atom stereocenters. The quantitative estimate of drug-likeness (QED) is 0.608. The minimum absolute atomic E-state index is 0.723. The maximum atomic E-state index is 9.23. The molecule has 3 rings (SSSR count). The van der Waals surface area contributed by atoms with Crippen LogP contribution in [-0.2, 0) is 0 Å². The number of hydrogen-bond donors (Lipinski definition) is 0. The molecule has 0 spiro atoms. The van der Waals surface area contributed by atoms with Crippen LogP contribution in [0.2, 0.25) is 0 Å². The normalized spacial score (nSPS) is 10.3. The minimum Gasteiger partial charge on any atom is -0.192 e. The van der Waals surface area contributed by atoms with Crippen LogP contribution in [0.25, 0.3) is 21.9 Å². The largest absolute Gasteiger partial charge is 0.192 e. The molecule has 0 radical (unpaired) electrons. The Balaban J connectivity index is 2.31. The Hall–Kier alpha value is -2.59. The fourth-order valence-electron chi connectivity index (χ4n) is 2.46. The monoisotopic (exact) mass is 243 g/mol. The van der Waals surface area contributed by atoms with Crippen molar-refractivity contribution in [3.05, 3.63) is 71.8 Å². The first-order valence-electron chi connectivity index (χ1n) is 6.28. The van der Waals surface area contributed by atoms with Crippen molar-refractivity contribution in [2.75, 3.05) is 0 Å². The second-order valence-electron chi connectivity index (χ2n) is 4.67. The second-order valence-corrected chi connectivity index (χ2v) is 4.67. The van der Waals surface area contributed by atoms with Gasteiger partial charge in [0.05, 0.1) is 11.6 Å². The van der Waals surface area contributed by atoms with Crippen molar-refractivity contribution < 1.29 is 0 Å². The highest BCUT2D eigenvalue weighted by Gasteiger charge is 2.08. The first-order valence-corrected chi connectivity index (χ1v) is 6.28. The highest BCUT2D eigenvalue weighted by atomic mass is 14.2. The van der Waals surface area contributed by atoms with E-state index >= 15 is 0 Å². The van der Waals surface area contributed by atoms with Crippen molar-refractivity contribution in [1.29, 1.82) is 5.26 Å². The maximum absolute atomic E-state index is 9.23. The smallest absolute Gasteiger partial charge is 0.0998 e. The molecule has 0 aliphatic heterocycles. The summed E-state index contributed by atoms with van der Waals surface area (Å²) in [6.07, 6.45) is 0. The Labute approximate surface area is 112 Å². The van der Waals surface area contributed by atoms with Gasteiger partial charge in [-0.05, 0) is 46.5 Å². The Morgan fingerprint density at radius 3 is 2.16 bits per heavy atom. The molecule has 0 atom stereocenters. The number of aryl methyl sites for hydroxylation is 1. The van der Waals surface area contributed by atoms with Gasteiger partial charge in [0.1, 0.15) is 0 Å². The summed E-state index contributed by atoms with van der Waals surface area (Å²) in [5.41, 5.74) is 4.06. The van der Waals surface area contributed by atoms with E-state index in [4.69, 9.17) is 0 Å². The van der Waals surface area contributed by atoms with Crippen LogP contribution in [0, 0.1) is 18.3 Å². The zero-order valence-electron chi connectivity index (χ0n) is 10.7. The third kappa shape index (κ3) is 1.98. The van der Waals surface area contributed by atoms with E-state index in [0.717, 1.165) is 16.7 Å². The number of nitriles is 1. The Morgan fingerprint density at radius 2 is 1.42 bits per heavy atom. The van der Waals surface area contributed by atoms with E-state index in [0.29, 0.717) is 0 Å². The summed E-state index contributed by atoms with van der Waals surface area (Å²) >= 11 is 0. The van der Waals surface area contributed by atoms with Gasteiger partial charge in [-0.3, -0.25) is 0 Å². The molecule has 19 heavy (non-hydrogen) atoms. The van der Waals surface area contributed by atoms with Crippen molar-refractivity contribution in [2.24, 2.45) is 0 Å². The van der Waals surface area contributed by atoms with Gasteiger partial charge >= 0.3 is 0 Å². The van der Waals surface area contributed by atoms with Gasteiger partial charge in [-0.2, -0.15) is 5.26 Å². The predicted octanol–water partition coefficient (Wildman–Crippen LogP) is 4.69. The van der Waals surface area contributed by atoms with Gasteiger partial charge in [0, 0.05) is 0 Å². The van der Waals surface area contributed by atoms with Crippen LogP contribution in [0.3, 0.4) is 0 Å². The summed E-state index contributed by atoms with van der Waals surface area (Å²) in [4.78, 5) is 0. The van der Waals surface area contributed by atoms with E-state index in [9.17, 15) is 5.26 Å². The molecule has 1 heteroatoms. The molecule has 0 aromatic heterocycles. The molecule has 90 valence electrons. The average Bonchev–Trinajstić information content (AvgIpc) is 2.46. The number of hydrogen-bond acceptors (Lipinski definition) is 1. The lowest BCUT2D eigenvalue weighted by Crippen LogP contribution is -1.88. The minimum atomic E-state index is 0.723. The van der Waals surface area contributed by atoms with Gasteiger partial charge in [0.15, 0.2) is 0 Å². The van der Waals surface area contributed by atoms with E-state index in [1.165, 1.54) is 16.3 Å². The average molecular weight is 243 g/mol. The summed E-state index contributed by atoms with van der Waals surface area (Å²) in [5, 5.41) is 11.7. The molecule has 0 saturated carbocycles. The lowest BCUT2D eigenvalue weighted by atomic mass is 9.94. The van der Waals surface area contributed by atoms with Crippen LogP contribution in [0.15, 0.2) is 60.7 Å². The van der Waals surface area contributed by atoms with E-state index in [2.05, 4.69) is 37.3 Å². The molecule has 0 amide bonds. The third-order valence-corrected chi connectivity index (χ3v) is 3.43. The maximum Gasteiger partial charge on any atom is 0.0998 e. The topological polar surface area (TPSA) is 23.8 Å². The van der Waals surface area contributed by atoms with E-state index in [1.807, 2.05) is 36.4 Å². The van der Waals surface area contributed by atoms with Crippen LogP contribution < -0.4 is 0 Å². The molecule has 1 nitrogen and oxygen atoms in total. The molecule has 0 aliphatic carbocycles. The molecule has 0 aliphatic rings. The molecule has 0 saturated heterocycles. The van der Waals surface area contributed by atoms with Gasteiger partial charge in [-0.25, -0.2) is 0 Å². The fraction of sp³-hybridized carbons (Fsp3) is 0.0556. The van der Waals surface area contributed by atoms with E-state index in [1.54, 1.807) is 0 Å². The summed E-state index contributed by atoms with van der Waals surface area (Å²) < 4.78 is 0. The molecule has 0 fully saturated rings. The third-order valence-electron chi connectivity index (χ3n) is 3.43. The standard InChI is InChI=1S/C18H13N/c1-13-10-14-6-2-3-7-15(14)11-18(13)17-9-5-4-8-16(17)12-19/h2-11H,1H3. The van der Waals surface area contributed by atoms with Crippen molar-refractivity contribution in [3.63, 3.8) is 0 Å². The molecular weight excluding hydrogens is 230 g/mol. The molecule has 3 aromatic carbocycles. The summed E-state index contributed by atoms with van der Waals surface area (Å²) in [6.45, 7) is 2.09. The van der Waals surface area contributed by atoms with Crippen molar-refractivity contribution in [1.82, 2.24) is 0 Å². The first kappa shape index (κ1) is 11.5. The van der Waals surface area contributed by atoms with Crippen molar-refractivity contribution in [3.8, 4) is 17.2 Å².